The van der Waals surface area contributed by atoms with Crippen molar-refractivity contribution < 1.29 is 23.0 Å². The standard InChI is InChI=1S/C26H38BrF2N3O3SSi/c1-18-25(5,11-12-30)36-22(31-26(18,16-28)20-15-19(27)9-10-21(20)29)32(23(33)35-24(2,3)4)17-34-13-14-37(6,7)8/h9-10,15,18H,11,13-14,16-17H2,1-8H3/t18-,25-,26+/m1/s1. The molecule has 0 radical (unpaired) electrons. The summed E-state index contributed by atoms with van der Waals surface area (Å²) in [7, 11) is -1.39. The van der Waals surface area contributed by atoms with Gasteiger partial charge in [-0.3, -0.25) is 0 Å². The maximum absolute atomic E-state index is 15.2. The van der Waals surface area contributed by atoms with E-state index in [4.69, 9.17) is 14.5 Å². The lowest BCUT2D eigenvalue weighted by molar-refractivity contribution is 0.0106. The van der Waals surface area contributed by atoms with Gasteiger partial charge in [-0.25, -0.2) is 23.5 Å². The van der Waals surface area contributed by atoms with Gasteiger partial charge in [0.2, 0.25) is 0 Å². The van der Waals surface area contributed by atoms with Gasteiger partial charge in [0.15, 0.2) is 5.17 Å². The van der Waals surface area contributed by atoms with E-state index in [-0.39, 0.29) is 23.9 Å². The molecular weight excluding hydrogens is 580 g/mol. The zero-order chi connectivity index (χ0) is 28.2. The summed E-state index contributed by atoms with van der Waals surface area (Å²) in [6.07, 6.45) is -0.670. The molecule has 0 N–H and O–H groups in total. The van der Waals surface area contributed by atoms with Gasteiger partial charge in [0.1, 0.15) is 30.4 Å². The third-order valence-corrected chi connectivity index (χ3v) is 10.00. The van der Waals surface area contributed by atoms with Crippen LogP contribution in [0.5, 0.6) is 0 Å². The van der Waals surface area contributed by atoms with Crippen LogP contribution in [-0.4, -0.2) is 54.6 Å². The number of halogens is 3. The number of aliphatic imine (C=N–C) groups is 1. The second kappa shape index (κ2) is 12.1. The van der Waals surface area contributed by atoms with Gasteiger partial charge in [0, 0.05) is 35.4 Å². The number of hydrogen-bond acceptors (Lipinski definition) is 6. The van der Waals surface area contributed by atoms with E-state index in [1.807, 2.05) is 6.92 Å². The van der Waals surface area contributed by atoms with E-state index in [1.165, 1.54) is 34.9 Å². The molecule has 1 aliphatic heterocycles. The Morgan fingerprint density at radius 2 is 2.00 bits per heavy atom. The van der Waals surface area contributed by atoms with Crippen molar-refractivity contribution in [2.24, 2.45) is 10.9 Å². The van der Waals surface area contributed by atoms with E-state index in [2.05, 4.69) is 41.6 Å². The first-order chi connectivity index (χ1) is 17.0. The molecule has 0 aromatic heterocycles. The summed E-state index contributed by atoms with van der Waals surface area (Å²) in [6.45, 7) is 14.7. The Bertz CT molecular complexity index is 1060. The van der Waals surface area contributed by atoms with Crippen LogP contribution in [-0.2, 0) is 15.0 Å². The van der Waals surface area contributed by atoms with Crippen molar-refractivity contribution in [1.82, 2.24) is 4.90 Å². The molecule has 1 amide bonds. The molecule has 0 bridgehead atoms. The van der Waals surface area contributed by atoms with Crippen molar-refractivity contribution in [3.63, 3.8) is 0 Å². The molecule has 2 rings (SSSR count). The highest BCUT2D eigenvalue weighted by molar-refractivity contribution is 9.10. The number of carbonyl (C=O) groups is 1. The molecule has 206 valence electrons. The van der Waals surface area contributed by atoms with E-state index < -0.39 is 48.5 Å². The number of nitrogens with zero attached hydrogens (tertiary/aromatic N) is 3. The minimum absolute atomic E-state index is 0.0356. The molecule has 3 atom stereocenters. The van der Waals surface area contributed by atoms with Crippen LogP contribution in [0.4, 0.5) is 13.6 Å². The monoisotopic (exact) mass is 617 g/mol. The summed E-state index contributed by atoms with van der Waals surface area (Å²) in [6, 6.07) is 7.37. The Hall–Kier alpha value is -1.48. The molecule has 1 heterocycles. The number of nitriles is 1. The quantitative estimate of drug-likeness (QED) is 0.170. The highest BCUT2D eigenvalue weighted by Crippen LogP contribution is 2.53. The minimum atomic E-state index is -1.67. The van der Waals surface area contributed by atoms with E-state index in [0.717, 1.165) is 6.04 Å². The highest BCUT2D eigenvalue weighted by atomic mass is 79.9. The molecule has 0 saturated heterocycles. The molecule has 0 unspecified atom stereocenters. The fourth-order valence-corrected chi connectivity index (χ4v) is 6.42. The van der Waals surface area contributed by atoms with Gasteiger partial charge in [-0.05, 0) is 51.9 Å². The number of benzene rings is 1. The number of thioether (sulfide) groups is 1. The number of ether oxygens (including phenoxy) is 2. The lowest BCUT2D eigenvalue weighted by Gasteiger charge is -2.48. The maximum atomic E-state index is 15.2. The van der Waals surface area contributed by atoms with Crippen molar-refractivity contribution in [3.8, 4) is 6.07 Å². The maximum Gasteiger partial charge on any atom is 0.418 e. The van der Waals surface area contributed by atoms with Gasteiger partial charge in [-0.2, -0.15) is 5.26 Å². The van der Waals surface area contributed by atoms with Crippen LogP contribution in [0.1, 0.15) is 46.6 Å². The number of hydrogen-bond donors (Lipinski definition) is 0. The van der Waals surface area contributed by atoms with Crippen molar-refractivity contribution >= 4 is 47.0 Å². The molecule has 0 saturated carbocycles. The minimum Gasteiger partial charge on any atom is -0.443 e. The summed E-state index contributed by atoms with van der Waals surface area (Å²) in [5.74, 6) is -1.20. The Morgan fingerprint density at radius 1 is 1.35 bits per heavy atom. The lowest BCUT2D eigenvalue weighted by atomic mass is 9.72. The van der Waals surface area contributed by atoms with Crippen LogP contribution < -0.4 is 0 Å². The molecule has 37 heavy (non-hydrogen) atoms. The number of alkyl halides is 1. The average Bonchev–Trinajstić information content (AvgIpc) is 2.76. The van der Waals surface area contributed by atoms with Gasteiger partial charge in [-0.15, -0.1) is 0 Å². The Kier molecular flexibility index (Phi) is 10.4. The van der Waals surface area contributed by atoms with E-state index in [0.29, 0.717) is 11.1 Å². The number of carbonyl (C=O) groups excluding carboxylic acids is 1. The van der Waals surface area contributed by atoms with E-state index in [9.17, 15) is 10.1 Å². The normalized spacial score (nSPS) is 24.3. The van der Waals surface area contributed by atoms with E-state index >= 15 is 8.78 Å². The van der Waals surface area contributed by atoms with Crippen molar-refractivity contribution in [1.29, 1.82) is 5.26 Å². The van der Waals surface area contributed by atoms with Crippen molar-refractivity contribution in [2.75, 3.05) is 20.0 Å². The molecule has 0 fully saturated rings. The molecule has 1 aromatic carbocycles. The second-order valence-electron chi connectivity index (χ2n) is 11.8. The summed E-state index contributed by atoms with van der Waals surface area (Å²) >= 11 is 4.55. The first kappa shape index (κ1) is 31.7. The van der Waals surface area contributed by atoms with Gasteiger partial charge >= 0.3 is 6.09 Å². The predicted octanol–water partition coefficient (Wildman–Crippen LogP) is 7.71. The topological polar surface area (TPSA) is 74.9 Å². The predicted molar refractivity (Wildman–Crippen MR) is 152 cm³/mol. The third kappa shape index (κ3) is 8.01. The van der Waals surface area contributed by atoms with Crippen molar-refractivity contribution in [2.45, 2.75) is 82.6 Å². The average molecular weight is 619 g/mol. The highest BCUT2D eigenvalue weighted by Gasteiger charge is 2.54. The summed E-state index contributed by atoms with van der Waals surface area (Å²) < 4.78 is 41.6. The van der Waals surface area contributed by atoms with Crippen LogP contribution in [0.25, 0.3) is 0 Å². The first-order valence-electron chi connectivity index (χ1n) is 12.2. The molecule has 0 aliphatic carbocycles. The Balaban J connectivity index is 2.67. The third-order valence-electron chi connectivity index (χ3n) is 6.34. The second-order valence-corrected chi connectivity index (χ2v) is 19.8. The number of rotatable bonds is 8. The summed E-state index contributed by atoms with van der Waals surface area (Å²) in [5.41, 5.74) is -2.41. The van der Waals surface area contributed by atoms with Crippen LogP contribution in [0.15, 0.2) is 27.7 Å². The summed E-state index contributed by atoms with van der Waals surface area (Å²) in [5, 5.41) is 9.78. The van der Waals surface area contributed by atoms with Crippen LogP contribution in [0.2, 0.25) is 25.7 Å². The zero-order valence-corrected chi connectivity index (χ0v) is 26.4. The fraction of sp³-hybridized carbons (Fsp3) is 0.654. The number of amides is 1. The first-order valence-corrected chi connectivity index (χ1v) is 17.6. The Morgan fingerprint density at radius 3 is 2.54 bits per heavy atom. The molecule has 0 spiro atoms. The van der Waals surface area contributed by atoms with Crippen LogP contribution >= 0.6 is 27.7 Å². The Labute approximate surface area is 233 Å². The van der Waals surface area contributed by atoms with Crippen molar-refractivity contribution in [3.05, 3.63) is 34.1 Å². The number of amidine groups is 1. The SMILES string of the molecule is C[C@@H]1[C@@](C)(CC#N)SC(N(COCC[Si](C)(C)C)C(=O)OC(C)(C)C)=N[C@]1(CF)c1cc(Br)ccc1F. The fourth-order valence-electron chi connectivity index (χ4n) is 3.93. The lowest BCUT2D eigenvalue weighted by Crippen LogP contribution is -2.54. The smallest absolute Gasteiger partial charge is 0.418 e. The van der Waals surface area contributed by atoms with Gasteiger partial charge < -0.3 is 9.47 Å². The van der Waals surface area contributed by atoms with E-state index in [1.54, 1.807) is 27.7 Å². The summed E-state index contributed by atoms with van der Waals surface area (Å²) in [4.78, 5) is 19.3. The zero-order valence-electron chi connectivity index (χ0n) is 23.0. The van der Waals surface area contributed by atoms with Gasteiger partial charge in [-0.1, -0.05) is 54.3 Å². The van der Waals surface area contributed by atoms with Gasteiger partial charge in [0.05, 0.1) is 12.5 Å². The van der Waals surface area contributed by atoms with Gasteiger partial charge in [0.25, 0.3) is 0 Å². The molecular formula is C26H38BrF2N3O3SSi. The molecule has 1 aromatic rings. The molecule has 6 nitrogen and oxygen atoms in total. The molecule has 11 heteroatoms. The van der Waals surface area contributed by atoms with Crippen LogP contribution in [0.3, 0.4) is 0 Å². The van der Waals surface area contributed by atoms with Crippen LogP contribution in [0, 0.1) is 23.1 Å². The molecule has 1 aliphatic rings. The largest absolute Gasteiger partial charge is 0.443 e.